The van der Waals surface area contributed by atoms with E-state index in [4.69, 9.17) is 0 Å². The van der Waals surface area contributed by atoms with Crippen LogP contribution in [-0.4, -0.2) is 12.5 Å². The van der Waals surface area contributed by atoms with Gasteiger partial charge in [0.15, 0.2) is 0 Å². The van der Waals surface area contributed by atoms with Gasteiger partial charge in [0.25, 0.3) is 5.91 Å². The van der Waals surface area contributed by atoms with Gasteiger partial charge in [-0.15, -0.1) is 0 Å². The first-order valence-corrected chi connectivity index (χ1v) is 7.52. The molecule has 1 fully saturated rings. The zero-order valence-electron chi connectivity index (χ0n) is 12.2. The normalized spacial score (nSPS) is 15.7. The van der Waals surface area contributed by atoms with Crippen molar-refractivity contribution in [1.82, 2.24) is 5.32 Å². The SMILES string of the molecule is Cc1ccc(C(=O)NCCCC2CCCC2)cc1C. The van der Waals surface area contributed by atoms with E-state index in [2.05, 4.69) is 12.2 Å². The average molecular weight is 259 g/mol. The van der Waals surface area contributed by atoms with Crippen molar-refractivity contribution in [2.75, 3.05) is 6.54 Å². The van der Waals surface area contributed by atoms with Gasteiger partial charge < -0.3 is 5.32 Å². The van der Waals surface area contributed by atoms with E-state index in [1.807, 2.05) is 25.1 Å². The lowest BCUT2D eigenvalue weighted by molar-refractivity contribution is 0.0952. The molecule has 1 aliphatic rings. The van der Waals surface area contributed by atoms with Crippen molar-refractivity contribution >= 4 is 5.91 Å². The predicted octanol–water partition coefficient (Wildman–Crippen LogP) is 4.00. The summed E-state index contributed by atoms with van der Waals surface area (Å²) in [5, 5.41) is 3.03. The molecule has 0 radical (unpaired) electrons. The molecule has 1 aliphatic carbocycles. The van der Waals surface area contributed by atoms with Crippen molar-refractivity contribution in [2.24, 2.45) is 5.92 Å². The van der Waals surface area contributed by atoms with Gasteiger partial charge >= 0.3 is 0 Å². The van der Waals surface area contributed by atoms with Crippen LogP contribution in [0.1, 0.15) is 60.0 Å². The fourth-order valence-corrected chi connectivity index (χ4v) is 2.88. The Morgan fingerprint density at radius 1 is 1.21 bits per heavy atom. The third kappa shape index (κ3) is 4.09. The maximum Gasteiger partial charge on any atom is 0.251 e. The van der Waals surface area contributed by atoms with Gasteiger partial charge in [0.05, 0.1) is 0 Å². The summed E-state index contributed by atoms with van der Waals surface area (Å²) in [4.78, 5) is 12.0. The Morgan fingerprint density at radius 2 is 1.95 bits per heavy atom. The highest BCUT2D eigenvalue weighted by molar-refractivity contribution is 5.94. The summed E-state index contributed by atoms with van der Waals surface area (Å²) in [6.45, 7) is 4.92. The highest BCUT2D eigenvalue weighted by Gasteiger charge is 2.14. The van der Waals surface area contributed by atoms with Crippen molar-refractivity contribution < 1.29 is 4.79 Å². The quantitative estimate of drug-likeness (QED) is 0.795. The van der Waals surface area contributed by atoms with Gasteiger partial charge in [-0.1, -0.05) is 31.7 Å². The summed E-state index contributed by atoms with van der Waals surface area (Å²) in [5.41, 5.74) is 3.19. The lowest BCUT2D eigenvalue weighted by atomic mass is 10.0. The van der Waals surface area contributed by atoms with E-state index >= 15 is 0 Å². The second-order valence-electron chi connectivity index (χ2n) is 5.85. The van der Waals surface area contributed by atoms with Crippen LogP contribution in [0, 0.1) is 19.8 Å². The number of hydrogen-bond acceptors (Lipinski definition) is 1. The molecule has 1 aromatic carbocycles. The van der Waals surface area contributed by atoms with Gasteiger partial charge in [-0.25, -0.2) is 0 Å². The average Bonchev–Trinajstić information content (AvgIpc) is 2.91. The van der Waals surface area contributed by atoms with E-state index < -0.39 is 0 Å². The lowest BCUT2D eigenvalue weighted by Crippen LogP contribution is -2.24. The fraction of sp³-hybridized carbons (Fsp3) is 0.588. The molecule has 0 aromatic heterocycles. The summed E-state index contributed by atoms with van der Waals surface area (Å²) >= 11 is 0. The van der Waals surface area contributed by atoms with E-state index in [-0.39, 0.29) is 5.91 Å². The zero-order valence-corrected chi connectivity index (χ0v) is 12.2. The molecule has 1 aromatic rings. The van der Waals surface area contributed by atoms with Gasteiger partial charge in [-0.2, -0.15) is 0 Å². The molecule has 1 saturated carbocycles. The summed E-state index contributed by atoms with van der Waals surface area (Å²) in [6, 6.07) is 5.90. The third-order valence-corrected chi connectivity index (χ3v) is 4.32. The molecule has 2 nitrogen and oxygen atoms in total. The van der Waals surface area contributed by atoms with Crippen molar-refractivity contribution in [2.45, 2.75) is 52.4 Å². The third-order valence-electron chi connectivity index (χ3n) is 4.32. The van der Waals surface area contributed by atoms with Crippen LogP contribution in [0.5, 0.6) is 0 Å². The highest BCUT2D eigenvalue weighted by Crippen LogP contribution is 2.28. The minimum absolute atomic E-state index is 0.0644. The summed E-state index contributed by atoms with van der Waals surface area (Å²) in [7, 11) is 0. The summed E-state index contributed by atoms with van der Waals surface area (Å²) < 4.78 is 0. The Balaban J connectivity index is 1.72. The highest BCUT2D eigenvalue weighted by atomic mass is 16.1. The first-order valence-electron chi connectivity index (χ1n) is 7.52. The van der Waals surface area contributed by atoms with E-state index in [9.17, 15) is 4.79 Å². The molecule has 0 unspecified atom stereocenters. The molecule has 2 heteroatoms. The molecule has 0 heterocycles. The molecule has 2 rings (SSSR count). The Kier molecular flexibility index (Phi) is 5.00. The van der Waals surface area contributed by atoms with Crippen LogP contribution in [0.2, 0.25) is 0 Å². The first kappa shape index (κ1) is 14.1. The van der Waals surface area contributed by atoms with E-state index in [1.165, 1.54) is 43.2 Å². The standard InChI is InChI=1S/C17H25NO/c1-13-9-10-16(12-14(13)2)17(19)18-11-5-8-15-6-3-4-7-15/h9-10,12,15H,3-8,11H2,1-2H3,(H,18,19). The Labute approximate surface area is 116 Å². The topological polar surface area (TPSA) is 29.1 Å². The molecule has 19 heavy (non-hydrogen) atoms. The molecule has 0 bridgehead atoms. The van der Waals surface area contributed by atoms with Crippen molar-refractivity contribution in [3.05, 3.63) is 34.9 Å². The van der Waals surface area contributed by atoms with Gasteiger partial charge in [0, 0.05) is 12.1 Å². The first-order chi connectivity index (χ1) is 9.16. The molecule has 0 aliphatic heterocycles. The number of amides is 1. The summed E-state index contributed by atoms with van der Waals surface area (Å²) in [5.74, 6) is 0.980. The second-order valence-corrected chi connectivity index (χ2v) is 5.85. The van der Waals surface area contributed by atoms with Gasteiger partial charge in [-0.05, 0) is 55.9 Å². The molecule has 104 valence electrons. The van der Waals surface area contributed by atoms with Crippen molar-refractivity contribution in [1.29, 1.82) is 0 Å². The van der Waals surface area contributed by atoms with Crippen LogP contribution < -0.4 is 5.32 Å². The lowest BCUT2D eigenvalue weighted by Gasteiger charge is -2.10. The molecule has 0 saturated heterocycles. The molecular formula is C17H25NO. The molecule has 0 spiro atoms. The van der Waals surface area contributed by atoms with Crippen LogP contribution in [0.25, 0.3) is 0 Å². The monoisotopic (exact) mass is 259 g/mol. The van der Waals surface area contributed by atoms with Gasteiger partial charge in [0.1, 0.15) is 0 Å². The Morgan fingerprint density at radius 3 is 2.63 bits per heavy atom. The Bertz CT molecular complexity index is 433. The van der Waals surface area contributed by atoms with Crippen molar-refractivity contribution in [3.8, 4) is 0 Å². The maximum absolute atomic E-state index is 12.0. The number of hydrogen-bond donors (Lipinski definition) is 1. The van der Waals surface area contributed by atoms with E-state index in [0.717, 1.165) is 24.4 Å². The molecular weight excluding hydrogens is 234 g/mol. The maximum atomic E-state index is 12.0. The van der Waals surface area contributed by atoms with Gasteiger partial charge in [0.2, 0.25) is 0 Å². The second kappa shape index (κ2) is 6.74. The number of carbonyl (C=O) groups excluding carboxylic acids is 1. The van der Waals surface area contributed by atoms with E-state index in [1.54, 1.807) is 0 Å². The van der Waals surface area contributed by atoms with Crippen LogP contribution in [0.3, 0.4) is 0 Å². The minimum atomic E-state index is 0.0644. The molecule has 1 amide bonds. The minimum Gasteiger partial charge on any atom is -0.352 e. The van der Waals surface area contributed by atoms with Crippen LogP contribution in [0.15, 0.2) is 18.2 Å². The summed E-state index contributed by atoms with van der Waals surface area (Å²) in [6.07, 6.45) is 7.98. The zero-order chi connectivity index (χ0) is 13.7. The number of rotatable bonds is 5. The van der Waals surface area contributed by atoms with Crippen molar-refractivity contribution in [3.63, 3.8) is 0 Å². The Hall–Kier alpha value is -1.31. The van der Waals surface area contributed by atoms with E-state index in [0.29, 0.717) is 0 Å². The number of benzene rings is 1. The largest absolute Gasteiger partial charge is 0.352 e. The molecule has 1 N–H and O–H groups in total. The number of carbonyl (C=O) groups is 1. The number of nitrogens with one attached hydrogen (secondary N) is 1. The van der Waals surface area contributed by atoms with Gasteiger partial charge in [-0.3, -0.25) is 4.79 Å². The smallest absolute Gasteiger partial charge is 0.251 e. The number of aryl methyl sites for hydroxylation is 2. The van der Waals surface area contributed by atoms with Crippen LogP contribution in [0.4, 0.5) is 0 Å². The predicted molar refractivity (Wildman–Crippen MR) is 79.4 cm³/mol. The van der Waals surface area contributed by atoms with Crippen LogP contribution >= 0.6 is 0 Å². The fourth-order valence-electron chi connectivity index (χ4n) is 2.88. The molecule has 0 atom stereocenters. The van der Waals surface area contributed by atoms with Crippen LogP contribution in [-0.2, 0) is 0 Å².